The number of halogens is 2. The summed E-state index contributed by atoms with van der Waals surface area (Å²) in [4.78, 5) is 12.5. The summed E-state index contributed by atoms with van der Waals surface area (Å²) in [6.45, 7) is 0. The van der Waals surface area contributed by atoms with Crippen molar-refractivity contribution in [2.75, 3.05) is 5.32 Å². The molecule has 2 nitrogen and oxygen atoms in total. The lowest BCUT2D eigenvalue weighted by Gasteiger charge is -2.16. The van der Waals surface area contributed by atoms with Gasteiger partial charge in [0.05, 0.1) is 5.92 Å². The Morgan fingerprint density at radius 3 is 2.38 bits per heavy atom. The molecule has 0 saturated heterocycles. The number of carbonyl (C=O) groups is 1. The van der Waals surface area contributed by atoms with E-state index < -0.39 is 11.6 Å². The van der Waals surface area contributed by atoms with Crippen LogP contribution in [0.4, 0.5) is 14.5 Å². The van der Waals surface area contributed by atoms with E-state index in [0.29, 0.717) is 5.92 Å². The van der Waals surface area contributed by atoms with Gasteiger partial charge in [0.15, 0.2) is 11.6 Å². The second-order valence-corrected chi connectivity index (χ2v) is 5.34. The predicted molar refractivity (Wildman–Crippen MR) is 76.9 cm³/mol. The molecule has 0 bridgehead atoms. The molecule has 2 aromatic rings. The number of carbonyl (C=O) groups excluding carboxylic acids is 1. The zero-order valence-electron chi connectivity index (χ0n) is 11.4. The third-order valence-corrected chi connectivity index (χ3v) is 3.72. The molecule has 1 saturated carbocycles. The quantitative estimate of drug-likeness (QED) is 0.901. The minimum atomic E-state index is -0.963. The van der Waals surface area contributed by atoms with E-state index >= 15 is 0 Å². The summed E-state index contributed by atoms with van der Waals surface area (Å²) in [7, 11) is 0. The fourth-order valence-electron chi connectivity index (χ4n) is 2.52. The molecule has 0 spiro atoms. The lowest BCUT2D eigenvalue weighted by molar-refractivity contribution is -0.118. The van der Waals surface area contributed by atoms with Crippen LogP contribution >= 0.6 is 0 Å². The summed E-state index contributed by atoms with van der Waals surface area (Å²) in [5.74, 6) is -1.96. The van der Waals surface area contributed by atoms with E-state index in [-0.39, 0.29) is 17.5 Å². The molecular weight excluding hydrogens is 272 g/mol. The van der Waals surface area contributed by atoms with Gasteiger partial charge in [-0.25, -0.2) is 8.78 Å². The summed E-state index contributed by atoms with van der Waals surface area (Å²) >= 11 is 0. The molecule has 1 unspecified atom stereocenters. The van der Waals surface area contributed by atoms with Crippen LogP contribution in [0.2, 0.25) is 0 Å². The highest BCUT2D eigenvalue weighted by Crippen LogP contribution is 2.43. The summed E-state index contributed by atoms with van der Waals surface area (Å²) in [5, 5.41) is 2.68. The number of hydrogen-bond donors (Lipinski definition) is 1. The number of rotatable bonds is 4. The third kappa shape index (κ3) is 3.10. The Morgan fingerprint density at radius 1 is 1.05 bits per heavy atom. The molecule has 3 rings (SSSR count). The normalized spacial score (nSPS) is 15.5. The standard InChI is InChI=1S/C17H15F2NO/c18-14-9-8-13(10-15(14)19)20-17(21)16(12-6-7-12)11-4-2-1-3-5-11/h1-5,8-10,12,16H,6-7H2,(H,20,21). The van der Waals surface area contributed by atoms with Crippen molar-refractivity contribution in [2.24, 2.45) is 5.92 Å². The van der Waals surface area contributed by atoms with Crippen molar-refractivity contribution < 1.29 is 13.6 Å². The highest BCUT2D eigenvalue weighted by Gasteiger charge is 2.37. The van der Waals surface area contributed by atoms with Crippen LogP contribution in [0, 0.1) is 17.6 Å². The van der Waals surface area contributed by atoms with Gasteiger partial charge in [0.25, 0.3) is 0 Å². The SMILES string of the molecule is O=C(Nc1ccc(F)c(F)c1)C(c1ccccc1)C1CC1. The molecule has 0 aromatic heterocycles. The summed E-state index contributed by atoms with van der Waals surface area (Å²) in [6, 6.07) is 12.9. The Bertz CT molecular complexity index is 653. The average molecular weight is 287 g/mol. The molecule has 0 aliphatic heterocycles. The molecule has 1 aliphatic rings. The van der Waals surface area contributed by atoms with Crippen molar-refractivity contribution in [3.05, 3.63) is 65.7 Å². The maximum absolute atomic E-state index is 13.2. The molecule has 1 aliphatic carbocycles. The van der Waals surface area contributed by atoms with E-state index in [9.17, 15) is 13.6 Å². The zero-order chi connectivity index (χ0) is 14.8. The largest absolute Gasteiger partial charge is 0.325 e. The molecule has 1 atom stereocenters. The number of benzene rings is 2. The minimum Gasteiger partial charge on any atom is -0.325 e. The average Bonchev–Trinajstić information content (AvgIpc) is 3.29. The number of hydrogen-bond acceptors (Lipinski definition) is 1. The summed E-state index contributed by atoms with van der Waals surface area (Å²) in [6.07, 6.45) is 2.04. The number of amides is 1. The summed E-state index contributed by atoms with van der Waals surface area (Å²) < 4.78 is 26.1. The minimum absolute atomic E-state index is 0.172. The molecule has 1 fully saturated rings. The first-order valence-corrected chi connectivity index (χ1v) is 6.96. The first kappa shape index (κ1) is 13.7. The first-order valence-electron chi connectivity index (χ1n) is 6.96. The van der Waals surface area contributed by atoms with E-state index in [1.807, 2.05) is 30.3 Å². The van der Waals surface area contributed by atoms with Crippen LogP contribution in [0.25, 0.3) is 0 Å². The van der Waals surface area contributed by atoms with Crippen LogP contribution in [0.15, 0.2) is 48.5 Å². The molecule has 0 heterocycles. The predicted octanol–water partition coefficient (Wildman–Crippen LogP) is 4.10. The van der Waals surface area contributed by atoms with E-state index in [0.717, 1.165) is 30.5 Å². The van der Waals surface area contributed by atoms with Crippen LogP contribution in [-0.4, -0.2) is 5.91 Å². The molecule has 108 valence electrons. The van der Waals surface area contributed by atoms with Gasteiger partial charge in [-0.05, 0) is 36.5 Å². The van der Waals surface area contributed by atoms with Crippen molar-refractivity contribution in [1.29, 1.82) is 0 Å². The molecule has 21 heavy (non-hydrogen) atoms. The highest BCUT2D eigenvalue weighted by atomic mass is 19.2. The second-order valence-electron chi connectivity index (χ2n) is 5.34. The van der Waals surface area contributed by atoms with Crippen LogP contribution in [-0.2, 0) is 4.79 Å². The smallest absolute Gasteiger partial charge is 0.232 e. The van der Waals surface area contributed by atoms with Crippen molar-refractivity contribution in [3.8, 4) is 0 Å². The van der Waals surface area contributed by atoms with Crippen molar-refractivity contribution in [1.82, 2.24) is 0 Å². The Morgan fingerprint density at radius 2 is 1.76 bits per heavy atom. The number of nitrogens with one attached hydrogen (secondary N) is 1. The molecule has 4 heteroatoms. The van der Waals surface area contributed by atoms with Gasteiger partial charge in [0.1, 0.15) is 0 Å². The lowest BCUT2D eigenvalue weighted by atomic mass is 9.93. The van der Waals surface area contributed by atoms with Crippen LogP contribution in [0.1, 0.15) is 24.3 Å². The van der Waals surface area contributed by atoms with E-state index in [2.05, 4.69) is 5.32 Å². The van der Waals surface area contributed by atoms with Crippen LogP contribution < -0.4 is 5.32 Å². The number of anilines is 1. The van der Waals surface area contributed by atoms with Gasteiger partial charge in [-0.1, -0.05) is 30.3 Å². The zero-order valence-corrected chi connectivity index (χ0v) is 11.4. The van der Waals surface area contributed by atoms with Gasteiger partial charge >= 0.3 is 0 Å². The van der Waals surface area contributed by atoms with Gasteiger partial charge in [-0.2, -0.15) is 0 Å². The van der Waals surface area contributed by atoms with Gasteiger partial charge in [0.2, 0.25) is 5.91 Å². The lowest BCUT2D eigenvalue weighted by Crippen LogP contribution is -2.22. The third-order valence-electron chi connectivity index (χ3n) is 3.72. The Balaban J connectivity index is 1.80. The van der Waals surface area contributed by atoms with Crippen LogP contribution in [0.5, 0.6) is 0 Å². The van der Waals surface area contributed by atoms with Crippen molar-refractivity contribution in [2.45, 2.75) is 18.8 Å². The molecule has 1 N–H and O–H groups in total. The summed E-state index contributed by atoms with van der Waals surface area (Å²) in [5.41, 5.74) is 1.24. The topological polar surface area (TPSA) is 29.1 Å². The molecule has 2 aromatic carbocycles. The van der Waals surface area contributed by atoms with Gasteiger partial charge in [-0.15, -0.1) is 0 Å². The molecule has 0 radical (unpaired) electrons. The van der Waals surface area contributed by atoms with Gasteiger partial charge in [-0.3, -0.25) is 4.79 Å². The molecular formula is C17H15F2NO. The van der Waals surface area contributed by atoms with Crippen LogP contribution in [0.3, 0.4) is 0 Å². The molecule has 1 amide bonds. The van der Waals surface area contributed by atoms with Gasteiger partial charge in [0, 0.05) is 11.8 Å². The fourth-order valence-corrected chi connectivity index (χ4v) is 2.52. The highest BCUT2D eigenvalue weighted by molar-refractivity contribution is 5.96. The first-order chi connectivity index (χ1) is 10.1. The van der Waals surface area contributed by atoms with Crippen molar-refractivity contribution in [3.63, 3.8) is 0 Å². The van der Waals surface area contributed by atoms with E-state index in [1.54, 1.807) is 0 Å². The maximum atomic E-state index is 13.2. The maximum Gasteiger partial charge on any atom is 0.232 e. The van der Waals surface area contributed by atoms with E-state index in [4.69, 9.17) is 0 Å². The monoisotopic (exact) mass is 287 g/mol. The Kier molecular flexibility index (Phi) is 3.69. The Labute approximate surface area is 121 Å². The second kappa shape index (κ2) is 5.64. The Hall–Kier alpha value is -2.23. The van der Waals surface area contributed by atoms with Gasteiger partial charge < -0.3 is 5.32 Å². The fraction of sp³-hybridized carbons (Fsp3) is 0.235. The van der Waals surface area contributed by atoms with Crippen molar-refractivity contribution >= 4 is 11.6 Å². The van der Waals surface area contributed by atoms with E-state index in [1.165, 1.54) is 6.07 Å².